The van der Waals surface area contributed by atoms with Gasteiger partial charge in [-0.1, -0.05) is 12.1 Å². The Hall–Kier alpha value is -1.80. The molecule has 9 heteroatoms. The van der Waals surface area contributed by atoms with E-state index in [0.29, 0.717) is 5.56 Å². The summed E-state index contributed by atoms with van der Waals surface area (Å²) in [5.41, 5.74) is 0.156. The molecule has 1 aliphatic rings. The van der Waals surface area contributed by atoms with Gasteiger partial charge in [0.05, 0.1) is 10.5 Å². The van der Waals surface area contributed by atoms with E-state index in [1.807, 2.05) is 0 Å². The van der Waals surface area contributed by atoms with E-state index in [2.05, 4.69) is 0 Å². The Kier molecular flexibility index (Phi) is 4.69. The van der Waals surface area contributed by atoms with Gasteiger partial charge in [0.15, 0.2) is 0 Å². The van der Waals surface area contributed by atoms with Gasteiger partial charge in [-0.3, -0.25) is 14.9 Å². The van der Waals surface area contributed by atoms with Gasteiger partial charge in [0.25, 0.3) is 5.69 Å². The van der Waals surface area contributed by atoms with Gasteiger partial charge in [-0.2, -0.15) is 0 Å². The molecule has 0 aromatic heterocycles. The number of aliphatic carboxylic acids is 1. The second-order valence-corrected chi connectivity index (χ2v) is 5.67. The zero-order chi connectivity index (χ0) is 15.6. The molecule has 0 radical (unpaired) electrons. The topological polar surface area (TPSA) is 101 Å². The van der Waals surface area contributed by atoms with Gasteiger partial charge in [0.2, 0.25) is 5.91 Å². The van der Waals surface area contributed by atoms with Gasteiger partial charge in [-0.15, -0.1) is 23.4 Å². The normalized spacial score (nSPS) is 21.3. The fourth-order valence-corrected chi connectivity index (χ4v) is 3.78. The van der Waals surface area contributed by atoms with Crippen LogP contribution in [0.1, 0.15) is 10.9 Å². The van der Waals surface area contributed by atoms with Gasteiger partial charge >= 0.3 is 5.97 Å². The molecule has 1 aliphatic heterocycles. The number of carboxylic acid groups (broad SMARTS) is 1. The lowest BCUT2D eigenvalue weighted by Gasteiger charge is -2.26. The van der Waals surface area contributed by atoms with Crippen LogP contribution in [0.2, 0.25) is 0 Å². The number of nitro benzene ring substituents is 1. The standard InChI is InChI=1S/C12H11ClN2O5S/c13-5-10(16)14-9(12(17)18)6-21-11(14)7-3-1-2-4-8(7)15(19)20/h1-4,9,11H,5-6H2,(H,17,18)/t9-,11?/m0/s1. The Morgan fingerprint density at radius 3 is 2.71 bits per heavy atom. The van der Waals surface area contributed by atoms with E-state index in [-0.39, 0.29) is 17.3 Å². The Balaban J connectivity index is 2.45. The largest absolute Gasteiger partial charge is 0.480 e. The minimum atomic E-state index is -1.15. The maximum atomic E-state index is 11.9. The van der Waals surface area contributed by atoms with E-state index in [1.165, 1.54) is 30.0 Å². The maximum absolute atomic E-state index is 11.9. The molecule has 2 rings (SSSR count). The predicted molar refractivity (Wildman–Crippen MR) is 77.3 cm³/mol. The third kappa shape index (κ3) is 2.96. The van der Waals surface area contributed by atoms with Crippen molar-refractivity contribution in [1.29, 1.82) is 0 Å². The molecule has 2 atom stereocenters. The van der Waals surface area contributed by atoms with E-state index < -0.39 is 28.2 Å². The summed E-state index contributed by atoms with van der Waals surface area (Å²) in [5, 5.41) is 19.6. The van der Waals surface area contributed by atoms with Crippen molar-refractivity contribution < 1.29 is 19.6 Å². The number of carbonyl (C=O) groups is 2. The molecule has 112 valence electrons. The molecule has 7 nitrogen and oxygen atoms in total. The van der Waals surface area contributed by atoms with Gasteiger partial charge in [0.1, 0.15) is 17.3 Å². The number of hydrogen-bond acceptors (Lipinski definition) is 5. The SMILES string of the molecule is O=C(O)[C@@H]1CSC(c2ccccc2[N+](=O)[O-])N1C(=O)CCl. The molecule has 1 N–H and O–H groups in total. The lowest BCUT2D eigenvalue weighted by molar-refractivity contribution is -0.385. The van der Waals surface area contributed by atoms with Crippen LogP contribution in [0, 0.1) is 10.1 Å². The van der Waals surface area contributed by atoms with Crippen molar-refractivity contribution in [3.8, 4) is 0 Å². The van der Waals surface area contributed by atoms with E-state index in [9.17, 15) is 24.8 Å². The van der Waals surface area contributed by atoms with Gasteiger partial charge < -0.3 is 10.0 Å². The molecule has 0 bridgehead atoms. The number of nitrogens with zero attached hydrogens (tertiary/aromatic N) is 2. The summed E-state index contributed by atoms with van der Waals surface area (Å²) in [5.74, 6) is -1.92. The van der Waals surface area contributed by atoms with E-state index in [1.54, 1.807) is 6.07 Å². The van der Waals surface area contributed by atoms with Crippen molar-refractivity contribution in [3.63, 3.8) is 0 Å². The minimum Gasteiger partial charge on any atom is -0.480 e. The molecule has 1 aromatic rings. The van der Waals surface area contributed by atoms with Crippen LogP contribution in [0.5, 0.6) is 0 Å². The van der Waals surface area contributed by atoms with Crippen molar-refractivity contribution in [3.05, 3.63) is 39.9 Å². The highest BCUT2D eigenvalue weighted by Gasteiger charge is 2.43. The van der Waals surface area contributed by atoms with Gasteiger partial charge in [0, 0.05) is 11.8 Å². The first-order valence-corrected chi connectivity index (χ1v) is 7.50. The van der Waals surface area contributed by atoms with Crippen LogP contribution in [-0.4, -0.2) is 44.5 Å². The summed E-state index contributed by atoms with van der Waals surface area (Å²) in [6.45, 7) is 0. The summed E-state index contributed by atoms with van der Waals surface area (Å²) < 4.78 is 0. The molecule has 0 saturated carbocycles. The zero-order valence-electron chi connectivity index (χ0n) is 10.6. The number of hydrogen-bond donors (Lipinski definition) is 1. The fraction of sp³-hybridized carbons (Fsp3) is 0.333. The number of amides is 1. The third-order valence-electron chi connectivity index (χ3n) is 3.09. The number of benzene rings is 1. The predicted octanol–water partition coefficient (Wildman–Crippen LogP) is 1.86. The molecule has 1 unspecified atom stereocenters. The molecule has 1 saturated heterocycles. The van der Waals surface area contributed by atoms with Crippen LogP contribution in [0.25, 0.3) is 0 Å². The quantitative estimate of drug-likeness (QED) is 0.513. The number of nitro groups is 1. The van der Waals surface area contributed by atoms with Crippen LogP contribution < -0.4 is 0 Å². The Morgan fingerprint density at radius 1 is 1.48 bits per heavy atom. The number of para-hydroxylation sites is 1. The average molecular weight is 331 g/mol. The number of carbonyl (C=O) groups excluding carboxylic acids is 1. The highest BCUT2D eigenvalue weighted by Crippen LogP contribution is 2.44. The second-order valence-electron chi connectivity index (χ2n) is 4.29. The fourth-order valence-electron chi connectivity index (χ4n) is 2.17. The smallest absolute Gasteiger partial charge is 0.327 e. The van der Waals surface area contributed by atoms with E-state index in [0.717, 1.165) is 4.90 Å². The van der Waals surface area contributed by atoms with Crippen LogP contribution in [0.15, 0.2) is 24.3 Å². The summed E-state index contributed by atoms with van der Waals surface area (Å²) in [6.07, 6.45) is 0. The summed E-state index contributed by atoms with van der Waals surface area (Å²) in [4.78, 5) is 34.8. The van der Waals surface area contributed by atoms with Crippen molar-refractivity contribution in [2.45, 2.75) is 11.4 Å². The van der Waals surface area contributed by atoms with Crippen LogP contribution in [0.3, 0.4) is 0 Å². The first-order chi connectivity index (χ1) is 9.97. The number of rotatable bonds is 4. The summed E-state index contributed by atoms with van der Waals surface area (Å²) in [7, 11) is 0. The lowest BCUT2D eigenvalue weighted by Crippen LogP contribution is -2.43. The summed E-state index contributed by atoms with van der Waals surface area (Å²) >= 11 is 6.71. The molecular weight excluding hydrogens is 320 g/mol. The number of alkyl halides is 1. The Morgan fingerprint density at radius 2 is 2.14 bits per heavy atom. The van der Waals surface area contributed by atoms with Crippen molar-refractivity contribution in [2.75, 3.05) is 11.6 Å². The molecule has 1 heterocycles. The monoisotopic (exact) mass is 330 g/mol. The minimum absolute atomic E-state index is 0.145. The molecule has 1 fully saturated rings. The molecule has 21 heavy (non-hydrogen) atoms. The summed E-state index contributed by atoms with van der Waals surface area (Å²) in [6, 6.07) is 4.94. The molecule has 0 aliphatic carbocycles. The molecule has 0 spiro atoms. The van der Waals surface area contributed by atoms with Gasteiger partial charge in [-0.25, -0.2) is 4.79 Å². The third-order valence-corrected chi connectivity index (χ3v) is 4.62. The maximum Gasteiger partial charge on any atom is 0.327 e. The van der Waals surface area contributed by atoms with Crippen molar-refractivity contribution in [2.24, 2.45) is 0 Å². The highest BCUT2D eigenvalue weighted by atomic mass is 35.5. The van der Waals surface area contributed by atoms with Gasteiger partial charge in [-0.05, 0) is 6.07 Å². The Labute approximate surface area is 129 Å². The number of thioether (sulfide) groups is 1. The molecular formula is C12H11ClN2O5S. The zero-order valence-corrected chi connectivity index (χ0v) is 12.2. The molecule has 1 aromatic carbocycles. The van der Waals surface area contributed by atoms with Crippen LogP contribution in [0.4, 0.5) is 5.69 Å². The lowest BCUT2D eigenvalue weighted by atomic mass is 10.1. The first-order valence-electron chi connectivity index (χ1n) is 5.92. The van der Waals surface area contributed by atoms with E-state index in [4.69, 9.17) is 11.6 Å². The van der Waals surface area contributed by atoms with Crippen LogP contribution >= 0.6 is 23.4 Å². The number of halogens is 1. The second kappa shape index (κ2) is 6.31. The first kappa shape index (κ1) is 15.6. The highest BCUT2D eigenvalue weighted by molar-refractivity contribution is 7.99. The van der Waals surface area contributed by atoms with Crippen LogP contribution in [-0.2, 0) is 9.59 Å². The van der Waals surface area contributed by atoms with Crippen molar-refractivity contribution in [1.82, 2.24) is 4.90 Å². The number of carboxylic acids is 1. The van der Waals surface area contributed by atoms with E-state index >= 15 is 0 Å². The van der Waals surface area contributed by atoms with Crippen molar-refractivity contribution >= 4 is 40.9 Å². The molecule has 1 amide bonds. The Bertz CT molecular complexity index is 597. The average Bonchev–Trinajstić information content (AvgIpc) is 2.91.